The van der Waals surface area contributed by atoms with E-state index in [1.165, 1.54) is 225 Å². The van der Waals surface area contributed by atoms with Crippen LogP contribution < -0.4 is 5.32 Å². The number of hydrogen-bond acceptors (Lipinski definition) is 4. The van der Waals surface area contributed by atoms with Crippen LogP contribution in [0.5, 0.6) is 0 Å². The number of nitrogens with zero attached hydrogens (tertiary/aromatic N) is 3. The van der Waals surface area contributed by atoms with Gasteiger partial charge in [0.15, 0.2) is 0 Å². The van der Waals surface area contributed by atoms with Crippen LogP contribution in [0.3, 0.4) is 0 Å². The fourth-order valence-electron chi connectivity index (χ4n) is 10.8. The number of rotatable bonds is 48. The Hall–Kier alpha value is -1.40. The van der Waals surface area contributed by atoms with Gasteiger partial charge >= 0.3 is 0 Å². The van der Waals surface area contributed by atoms with Crippen LogP contribution >= 0.6 is 0 Å². The monoisotopic (exact) mass is 925 g/mol. The number of allylic oxidation sites excluding steroid dienone is 2. The van der Waals surface area contributed by atoms with Crippen LogP contribution in [0.15, 0.2) is 12.2 Å². The summed E-state index contributed by atoms with van der Waals surface area (Å²) in [6.45, 7) is 13.5. The van der Waals surface area contributed by atoms with Crippen LogP contribution in [-0.4, -0.2) is 84.9 Å². The van der Waals surface area contributed by atoms with Gasteiger partial charge < -0.3 is 15.1 Å². The molecule has 6 nitrogen and oxygen atoms in total. The molecule has 66 heavy (non-hydrogen) atoms. The van der Waals surface area contributed by atoms with Crippen molar-refractivity contribution in [3.63, 3.8) is 0 Å². The number of likely N-dealkylation sites (N-methyl/N-ethyl adjacent to an activating group) is 1. The molecule has 0 bridgehead atoms. The Balaban J connectivity index is 1.92. The molecule has 388 valence electrons. The quantitative estimate of drug-likeness (QED) is 0.0488. The Morgan fingerprint density at radius 2 is 0.864 bits per heavy atom. The van der Waals surface area contributed by atoms with Crippen molar-refractivity contribution in [2.75, 3.05) is 52.9 Å². The summed E-state index contributed by atoms with van der Waals surface area (Å²) in [6.07, 6.45) is 59.8. The van der Waals surface area contributed by atoms with Gasteiger partial charge in [-0.3, -0.25) is 14.5 Å². The van der Waals surface area contributed by atoms with Gasteiger partial charge in [0, 0.05) is 51.7 Å². The number of nitrogens with one attached hydrogen (secondary N) is 1. The molecule has 0 unspecified atom stereocenters. The summed E-state index contributed by atoms with van der Waals surface area (Å²) in [6, 6.07) is 0. The first-order valence-electron chi connectivity index (χ1n) is 30.1. The minimum atomic E-state index is -0.655. The van der Waals surface area contributed by atoms with Crippen molar-refractivity contribution < 1.29 is 9.59 Å². The lowest BCUT2D eigenvalue weighted by molar-refractivity contribution is -0.157. The van der Waals surface area contributed by atoms with E-state index in [4.69, 9.17) is 0 Å². The van der Waals surface area contributed by atoms with E-state index < -0.39 is 5.54 Å². The maximum Gasteiger partial charge on any atom is 0.245 e. The molecule has 2 amide bonds. The summed E-state index contributed by atoms with van der Waals surface area (Å²) in [4.78, 5) is 36.6. The summed E-state index contributed by atoms with van der Waals surface area (Å²) in [5, 5.41) is 3.42. The Morgan fingerprint density at radius 1 is 0.500 bits per heavy atom. The van der Waals surface area contributed by atoms with E-state index in [0.29, 0.717) is 12.5 Å². The molecular formula is C60H116N4O2. The van der Waals surface area contributed by atoms with E-state index in [1.54, 1.807) is 0 Å². The molecule has 2 fully saturated rings. The van der Waals surface area contributed by atoms with E-state index in [0.717, 1.165) is 90.6 Å². The molecular weight excluding hydrogens is 809 g/mol. The third-order valence-electron chi connectivity index (χ3n) is 15.8. The average Bonchev–Trinajstić information content (AvgIpc) is 3.31. The molecule has 0 spiro atoms. The summed E-state index contributed by atoms with van der Waals surface area (Å²) in [7, 11) is 2.22. The van der Waals surface area contributed by atoms with Gasteiger partial charge in [-0.25, -0.2) is 0 Å². The standard InChI is InChI=1S/C60H116N4O2/c1-5-8-11-14-17-20-23-26-27-28-29-32-35-38-41-44-50-61-59(66)60(48-45-49-60)64(56-55-63-53-51-62(4)52-54-63)58(65)57(46-42-39-36-33-30-24-21-18-15-12-9-6-2)47-43-40-37-34-31-25-22-19-16-13-10-7-3/h26-27,57H,5-25,28-56H2,1-4H3,(H,61,66)/b27-26-. The maximum absolute atomic E-state index is 15.1. The van der Waals surface area contributed by atoms with E-state index >= 15 is 4.79 Å². The molecule has 1 saturated heterocycles. The molecule has 1 N–H and O–H groups in total. The second-order valence-electron chi connectivity index (χ2n) is 21.8. The van der Waals surface area contributed by atoms with Crippen LogP contribution in [0.1, 0.15) is 297 Å². The molecule has 1 aliphatic carbocycles. The lowest BCUT2D eigenvalue weighted by atomic mass is 9.73. The molecule has 6 heteroatoms. The van der Waals surface area contributed by atoms with Crippen molar-refractivity contribution in [3.05, 3.63) is 12.2 Å². The van der Waals surface area contributed by atoms with Gasteiger partial charge in [-0.15, -0.1) is 0 Å². The Morgan fingerprint density at radius 3 is 1.24 bits per heavy atom. The third kappa shape index (κ3) is 30.3. The van der Waals surface area contributed by atoms with Crippen LogP contribution in [-0.2, 0) is 9.59 Å². The molecule has 2 rings (SSSR count). The van der Waals surface area contributed by atoms with Crippen molar-refractivity contribution in [2.24, 2.45) is 5.92 Å². The molecule has 0 aromatic carbocycles. The van der Waals surface area contributed by atoms with Crippen molar-refractivity contribution >= 4 is 11.8 Å². The molecule has 1 aliphatic heterocycles. The van der Waals surface area contributed by atoms with Crippen LogP contribution in [0, 0.1) is 5.92 Å². The predicted molar refractivity (Wildman–Crippen MR) is 290 cm³/mol. The van der Waals surface area contributed by atoms with E-state index in [9.17, 15) is 4.79 Å². The van der Waals surface area contributed by atoms with Gasteiger partial charge in [0.2, 0.25) is 11.8 Å². The zero-order chi connectivity index (χ0) is 47.4. The first-order valence-corrected chi connectivity index (χ1v) is 30.1. The molecule has 1 heterocycles. The van der Waals surface area contributed by atoms with E-state index in [1.807, 2.05) is 0 Å². The lowest BCUT2D eigenvalue weighted by Gasteiger charge is -2.50. The van der Waals surface area contributed by atoms with Crippen LogP contribution in [0.2, 0.25) is 0 Å². The summed E-state index contributed by atoms with van der Waals surface area (Å²) >= 11 is 0. The Kier molecular flexibility index (Phi) is 40.1. The number of hydrogen-bond donors (Lipinski definition) is 1. The molecule has 0 aromatic rings. The van der Waals surface area contributed by atoms with E-state index in [-0.39, 0.29) is 11.8 Å². The molecule has 0 aromatic heterocycles. The number of piperazine rings is 1. The number of unbranched alkanes of at least 4 members (excludes halogenated alkanes) is 34. The normalized spacial score (nSPS) is 15.5. The summed E-state index contributed by atoms with van der Waals surface area (Å²) in [5.41, 5.74) is -0.655. The Labute approximate surface area is 413 Å². The highest BCUT2D eigenvalue weighted by Gasteiger charge is 2.51. The maximum atomic E-state index is 15.1. The first kappa shape index (κ1) is 60.7. The van der Waals surface area contributed by atoms with Gasteiger partial charge in [0.05, 0.1) is 0 Å². The number of carbonyl (C=O) groups excluding carboxylic acids is 2. The van der Waals surface area contributed by atoms with Gasteiger partial charge in [-0.05, 0) is 71.3 Å². The van der Waals surface area contributed by atoms with Crippen molar-refractivity contribution in [3.8, 4) is 0 Å². The largest absolute Gasteiger partial charge is 0.354 e. The first-order chi connectivity index (χ1) is 32.5. The predicted octanol–water partition coefficient (Wildman–Crippen LogP) is 16.9. The number of amides is 2. The minimum Gasteiger partial charge on any atom is -0.354 e. The van der Waals surface area contributed by atoms with Crippen LogP contribution in [0.4, 0.5) is 0 Å². The smallest absolute Gasteiger partial charge is 0.245 e. The second kappa shape index (κ2) is 43.6. The highest BCUT2D eigenvalue weighted by molar-refractivity contribution is 5.93. The van der Waals surface area contributed by atoms with Gasteiger partial charge in [0.1, 0.15) is 5.54 Å². The highest BCUT2D eigenvalue weighted by atomic mass is 16.2. The van der Waals surface area contributed by atoms with Crippen molar-refractivity contribution in [1.82, 2.24) is 20.0 Å². The molecule has 2 aliphatic rings. The summed E-state index contributed by atoms with van der Waals surface area (Å²) in [5.74, 6) is 0.495. The summed E-state index contributed by atoms with van der Waals surface area (Å²) < 4.78 is 0. The minimum absolute atomic E-state index is 0.0461. The topological polar surface area (TPSA) is 55.9 Å². The fraction of sp³-hybridized carbons (Fsp3) is 0.933. The molecule has 0 atom stereocenters. The van der Waals surface area contributed by atoms with Gasteiger partial charge in [-0.2, -0.15) is 0 Å². The van der Waals surface area contributed by atoms with Gasteiger partial charge in [-0.1, -0.05) is 245 Å². The fourth-order valence-corrected chi connectivity index (χ4v) is 10.8. The van der Waals surface area contributed by atoms with Crippen molar-refractivity contribution in [2.45, 2.75) is 302 Å². The lowest BCUT2D eigenvalue weighted by Crippen LogP contribution is -2.66. The van der Waals surface area contributed by atoms with Crippen LogP contribution in [0.25, 0.3) is 0 Å². The Bertz CT molecular complexity index is 1090. The molecule has 0 radical (unpaired) electrons. The number of carbonyl (C=O) groups is 2. The SMILES string of the molecule is CCCCCCCC/C=C\CCCCCCCCNC(=O)C1(N(CCN2CCN(C)CC2)C(=O)C(CCCCCCCCCCCCCC)CCCCCCCCCCCCCC)CCC1. The zero-order valence-corrected chi connectivity index (χ0v) is 45.2. The zero-order valence-electron chi connectivity index (χ0n) is 45.2. The third-order valence-corrected chi connectivity index (χ3v) is 15.8. The average molecular weight is 926 g/mol. The van der Waals surface area contributed by atoms with Crippen molar-refractivity contribution in [1.29, 1.82) is 0 Å². The van der Waals surface area contributed by atoms with Gasteiger partial charge in [0.25, 0.3) is 0 Å². The molecule has 1 saturated carbocycles. The van der Waals surface area contributed by atoms with E-state index in [2.05, 4.69) is 60.0 Å². The highest BCUT2D eigenvalue weighted by Crippen LogP contribution is 2.40. The second-order valence-corrected chi connectivity index (χ2v) is 21.8.